The zero-order chi connectivity index (χ0) is 22.5. The molecule has 0 atom stereocenters. The molecule has 0 radical (unpaired) electrons. The maximum Gasteiger partial charge on any atom is 0.152 e. The van der Waals surface area contributed by atoms with Crippen molar-refractivity contribution in [3.63, 3.8) is 0 Å². The third-order valence-corrected chi connectivity index (χ3v) is 6.65. The van der Waals surface area contributed by atoms with Crippen LogP contribution in [0, 0.1) is 12.1 Å². The molecular formula is C32H20O2. The summed E-state index contributed by atoms with van der Waals surface area (Å²) in [7, 11) is 0. The molecule has 0 N–H and O–H groups in total. The molecule has 2 heteroatoms. The van der Waals surface area contributed by atoms with E-state index < -0.39 is 0 Å². The molecule has 1 aliphatic carbocycles. The maximum absolute atomic E-state index is 6.67. The second-order valence-corrected chi connectivity index (χ2v) is 8.63. The Balaban J connectivity index is 1.49. The largest absolute Gasteiger partial charge is 0.455 e. The summed E-state index contributed by atoms with van der Waals surface area (Å²) < 4.78 is 13.0. The number of hydrogen-bond acceptors (Lipinski definition) is 2. The van der Waals surface area contributed by atoms with Gasteiger partial charge in [-0.05, 0) is 18.9 Å². The summed E-state index contributed by atoms with van der Waals surface area (Å²) in [6.45, 7) is 0. The van der Waals surface area contributed by atoms with Gasteiger partial charge in [0.2, 0.25) is 0 Å². The number of fused-ring (bicyclic) bond motifs is 4. The highest BCUT2D eigenvalue weighted by atomic mass is 16.3. The van der Waals surface area contributed by atoms with Crippen molar-refractivity contribution in [1.82, 2.24) is 0 Å². The van der Waals surface area contributed by atoms with Gasteiger partial charge in [0.05, 0.1) is 5.56 Å². The molecule has 0 bridgehead atoms. The lowest BCUT2D eigenvalue weighted by atomic mass is 9.91. The molecule has 7 rings (SSSR count). The highest BCUT2D eigenvalue weighted by Crippen LogP contribution is 2.44. The minimum absolute atomic E-state index is 0.830. The van der Waals surface area contributed by atoms with Gasteiger partial charge in [-0.1, -0.05) is 97.1 Å². The molecule has 0 saturated heterocycles. The molecule has 0 unspecified atom stereocenters. The summed E-state index contributed by atoms with van der Waals surface area (Å²) in [4.78, 5) is 0. The molecular weight excluding hydrogens is 416 g/mol. The van der Waals surface area contributed by atoms with Crippen LogP contribution >= 0.6 is 0 Å². The van der Waals surface area contributed by atoms with Crippen LogP contribution in [-0.2, 0) is 6.42 Å². The van der Waals surface area contributed by atoms with Crippen LogP contribution in [0.15, 0.2) is 99.8 Å². The van der Waals surface area contributed by atoms with Crippen LogP contribution in [0.4, 0.5) is 0 Å². The predicted molar refractivity (Wildman–Crippen MR) is 137 cm³/mol. The van der Waals surface area contributed by atoms with Gasteiger partial charge in [-0.25, -0.2) is 0 Å². The molecule has 0 amide bonds. The Morgan fingerprint density at radius 2 is 1.50 bits per heavy atom. The SMILES string of the molecule is c1cc2c(oc3ccccc32)c(-c2ccccc2-c2oc(-c3ccccc3)c3c2CCC=C3)c#1. The summed E-state index contributed by atoms with van der Waals surface area (Å²) in [6, 6.07) is 35.4. The van der Waals surface area contributed by atoms with Crippen LogP contribution in [0.3, 0.4) is 0 Å². The Kier molecular flexibility index (Phi) is 4.22. The Labute approximate surface area is 197 Å². The lowest BCUT2D eigenvalue weighted by Gasteiger charge is -2.10. The fourth-order valence-corrected chi connectivity index (χ4v) is 5.07. The Hall–Kier alpha value is -4.48. The lowest BCUT2D eigenvalue weighted by Crippen LogP contribution is -1.94. The third-order valence-electron chi connectivity index (χ3n) is 6.65. The van der Waals surface area contributed by atoms with Crippen molar-refractivity contribution in [2.24, 2.45) is 0 Å². The van der Waals surface area contributed by atoms with Gasteiger partial charge in [-0.3, -0.25) is 0 Å². The molecule has 34 heavy (non-hydrogen) atoms. The fraction of sp³-hybridized carbons (Fsp3) is 0.0625. The van der Waals surface area contributed by atoms with Crippen molar-refractivity contribution < 1.29 is 8.83 Å². The molecule has 0 aliphatic heterocycles. The number of rotatable bonds is 3. The van der Waals surface area contributed by atoms with E-state index in [1.807, 2.05) is 30.3 Å². The third kappa shape index (κ3) is 2.84. The van der Waals surface area contributed by atoms with Gasteiger partial charge in [0, 0.05) is 44.7 Å². The second kappa shape index (κ2) is 7.54. The van der Waals surface area contributed by atoms with E-state index in [2.05, 4.69) is 78.9 Å². The van der Waals surface area contributed by atoms with Gasteiger partial charge in [0.15, 0.2) is 5.58 Å². The molecule has 2 nitrogen and oxygen atoms in total. The van der Waals surface area contributed by atoms with Crippen LogP contribution in [-0.4, -0.2) is 0 Å². The monoisotopic (exact) mass is 436 g/mol. The normalized spacial score (nSPS) is 12.7. The number of hydrogen-bond donors (Lipinski definition) is 0. The van der Waals surface area contributed by atoms with Crippen LogP contribution < -0.4 is 0 Å². The number of allylic oxidation sites excluding steroid dienone is 1. The molecule has 6 aromatic rings. The van der Waals surface area contributed by atoms with Crippen LogP contribution in [0.5, 0.6) is 0 Å². The lowest BCUT2D eigenvalue weighted by molar-refractivity contribution is 0.594. The van der Waals surface area contributed by atoms with Crippen molar-refractivity contribution in [2.45, 2.75) is 12.8 Å². The van der Waals surface area contributed by atoms with Crippen molar-refractivity contribution in [3.05, 3.63) is 114 Å². The summed E-state index contributed by atoms with van der Waals surface area (Å²) in [6.07, 6.45) is 6.40. The van der Waals surface area contributed by atoms with E-state index in [1.54, 1.807) is 0 Å². The van der Waals surface area contributed by atoms with E-state index in [-0.39, 0.29) is 0 Å². The van der Waals surface area contributed by atoms with Crippen molar-refractivity contribution >= 4 is 28.0 Å². The van der Waals surface area contributed by atoms with Gasteiger partial charge in [-0.2, -0.15) is 0 Å². The van der Waals surface area contributed by atoms with Crippen molar-refractivity contribution in [2.75, 3.05) is 0 Å². The first kappa shape index (κ1) is 19.0. The highest BCUT2D eigenvalue weighted by Gasteiger charge is 2.25. The van der Waals surface area contributed by atoms with E-state index in [4.69, 9.17) is 8.83 Å². The first-order valence-electron chi connectivity index (χ1n) is 11.6. The minimum atomic E-state index is 0.830. The summed E-state index contributed by atoms with van der Waals surface area (Å²) >= 11 is 0. The maximum atomic E-state index is 6.67. The van der Waals surface area contributed by atoms with E-state index in [0.717, 1.165) is 68.6 Å². The molecule has 4 aromatic carbocycles. The first-order chi connectivity index (χ1) is 16.9. The Morgan fingerprint density at radius 1 is 0.706 bits per heavy atom. The zero-order valence-corrected chi connectivity index (χ0v) is 18.5. The summed E-state index contributed by atoms with van der Waals surface area (Å²) in [5.41, 5.74) is 8.22. The minimum Gasteiger partial charge on any atom is -0.455 e. The molecule has 160 valence electrons. The smallest absolute Gasteiger partial charge is 0.152 e. The van der Waals surface area contributed by atoms with Crippen LogP contribution in [0.1, 0.15) is 17.5 Å². The Bertz CT molecular complexity index is 1700. The van der Waals surface area contributed by atoms with Crippen molar-refractivity contribution in [1.29, 1.82) is 0 Å². The van der Waals surface area contributed by atoms with Gasteiger partial charge in [-0.15, -0.1) is 0 Å². The molecule has 2 heterocycles. The topological polar surface area (TPSA) is 26.3 Å². The molecule has 0 spiro atoms. The summed E-state index contributed by atoms with van der Waals surface area (Å²) in [5, 5.41) is 2.14. The van der Waals surface area contributed by atoms with Crippen molar-refractivity contribution in [3.8, 4) is 33.8 Å². The van der Waals surface area contributed by atoms with E-state index in [0.29, 0.717) is 0 Å². The van der Waals surface area contributed by atoms with Gasteiger partial charge >= 0.3 is 0 Å². The van der Waals surface area contributed by atoms with Crippen LogP contribution in [0.2, 0.25) is 0 Å². The zero-order valence-electron chi connectivity index (χ0n) is 18.5. The Morgan fingerprint density at radius 3 is 2.41 bits per heavy atom. The van der Waals surface area contributed by atoms with Gasteiger partial charge in [0.25, 0.3) is 0 Å². The predicted octanol–water partition coefficient (Wildman–Crippen LogP) is 8.74. The first-order valence-corrected chi connectivity index (χ1v) is 11.6. The molecule has 2 aromatic heterocycles. The fourth-order valence-electron chi connectivity index (χ4n) is 5.07. The number of furan rings is 2. The quantitative estimate of drug-likeness (QED) is 0.277. The molecule has 1 aliphatic rings. The number of benzene rings is 3. The van der Waals surface area contributed by atoms with Crippen LogP contribution in [0.25, 0.3) is 61.8 Å². The second-order valence-electron chi connectivity index (χ2n) is 8.63. The number of para-hydroxylation sites is 1. The average molecular weight is 437 g/mol. The molecule has 0 saturated carbocycles. The van der Waals surface area contributed by atoms with Gasteiger partial charge in [0.1, 0.15) is 17.1 Å². The van der Waals surface area contributed by atoms with E-state index in [9.17, 15) is 0 Å². The van der Waals surface area contributed by atoms with E-state index >= 15 is 0 Å². The highest BCUT2D eigenvalue weighted by molar-refractivity contribution is 6.10. The average Bonchev–Trinajstić information content (AvgIpc) is 3.48. The summed E-state index contributed by atoms with van der Waals surface area (Å²) in [5.74, 6) is 1.85. The van der Waals surface area contributed by atoms with E-state index in [1.165, 1.54) is 11.1 Å². The molecule has 0 fully saturated rings. The van der Waals surface area contributed by atoms with Gasteiger partial charge < -0.3 is 8.83 Å². The standard InChI is InChI=1S/C32H20O2/c1-2-11-21(12-3-1)30-27-16-6-7-17-28(27)32(34-30)24-15-5-4-13-22(24)25-18-10-19-26-23-14-8-9-20-29(23)33-31(25)26/h1-6,8-9,11-16,19-20H,7,17H2.